The van der Waals surface area contributed by atoms with E-state index in [-0.39, 0.29) is 5.54 Å². The molecule has 0 atom stereocenters. The molecule has 0 bridgehead atoms. The van der Waals surface area contributed by atoms with E-state index in [9.17, 15) is 0 Å². The quantitative estimate of drug-likeness (QED) is 0.776. The number of nitrogens with zero attached hydrogens (tertiary/aromatic N) is 1. The number of thioether (sulfide) groups is 1. The highest BCUT2D eigenvalue weighted by atomic mass is 32.2. The molecular weight excluding hydrogens is 248 g/mol. The fraction of sp³-hybridized carbons (Fsp3) is 0.923. The number of amidine groups is 1. The summed E-state index contributed by atoms with van der Waals surface area (Å²) in [7, 11) is 0. The van der Waals surface area contributed by atoms with Crippen molar-refractivity contribution in [2.24, 2.45) is 10.9 Å². The van der Waals surface area contributed by atoms with Crippen LogP contribution in [0.3, 0.4) is 0 Å². The average molecular weight is 272 g/mol. The Labute approximate surface area is 114 Å². The van der Waals surface area contributed by atoms with Gasteiger partial charge in [-0.1, -0.05) is 25.6 Å². The highest BCUT2D eigenvalue weighted by Gasteiger charge is 2.38. The fourth-order valence-corrected chi connectivity index (χ4v) is 3.40. The third-order valence-corrected chi connectivity index (χ3v) is 4.45. The van der Waals surface area contributed by atoms with E-state index < -0.39 is 0 Å². The fourth-order valence-electron chi connectivity index (χ4n) is 2.15. The molecule has 0 aromatic carbocycles. The molecule has 0 amide bonds. The average Bonchev–Trinajstić information content (AvgIpc) is 2.72. The Hall–Kier alpha value is -0.260. The summed E-state index contributed by atoms with van der Waals surface area (Å²) in [5.74, 6) is 1.73. The van der Waals surface area contributed by atoms with Crippen molar-refractivity contribution in [3.05, 3.63) is 0 Å². The van der Waals surface area contributed by atoms with Crippen LogP contribution in [0, 0.1) is 5.92 Å². The summed E-state index contributed by atoms with van der Waals surface area (Å²) >= 11 is 1.84. The van der Waals surface area contributed by atoms with E-state index >= 15 is 0 Å². The Morgan fingerprint density at radius 3 is 2.94 bits per heavy atom. The SMILES string of the molecule is CC(C)COCCN=C1NC2(CCOCC2)CS1. The molecule has 2 aliphatic heterocycles. The van der Waals surface area contributed by atoms with Crippen molar-refractivity contribution in [2.45, 2.75) is 32.2 Å². The maximum absolute atomic E-state index is 5.53. The van der Waals surface area contributed by atoms with Gasteiger partial charge in [0, 0.05) is 25.6 Å². The standard InChI is InChI=1S/C13H24N2O2S/c1-11(2)9-17-8-5-14-12-15-13(10-18-12)3-6-16-7-4-13/h11H,3-10H2,1-2H3,(H,14,15). The summed E-state index contributed by atoms with van der Waals surface area (Å²) in [6.07, 6.45) is 2.20. The second-order valence-corrected chi connectivity index (χ2v) is 6.43. The Bertz CT molecular complexity index is 289. The van der Waals surface area contributed by atoms with Crippen LogP contribution < -0.4 is 5.32 Å². The molecule has 0 unspecified atom stereocenters. The van der Waals surface area contributed by atoms with Crippen molar-refractivity contribution in [3.8, 4) is 0 Å². The number of hydrogen-bond donors (Lipinski definition) is 1. The predicted molar refractivity (Wildman–Crippen MR) is 76.3 cm³/mol. The van der Waals surface area contributed by atoms with Crippen LogP contribution in [0.5, 0.6) is 0 Å². The Morgan fingerprint density at radius 2 is 2.22 bits per heavy atom. The smallest absolute Gasteiger partial charge is 0.157 e. The Balaban J connectivity index is 1.68. The van der Waals surface area contributed by atoms with Crippen molar-refractivity contribution in [3.63, 3.8) is 0 Å². The summed E-state index contributed by atoms with van der Waals surface area (Å²) in [4.78, 5) is 4.57. The van der Waals surface area contributed by atoms with Gasteiger partial charge in [-0.15, -0.1) is 0 Å². The minimum absolute atomic E-state index is 0.251. The summed E-state index contributed by atoms with van der Waals surface area (Å²) in [5.41, 5.74) is 0.251. The van der Waals surface area contributed by atoms with E-state index in [1.54, 1.807) is 0 Å². The van der Waals surface area contributed by atoms with Gasteiger partial charge in [0.05, 0.1) is 18.7 Å². The molecule has 2 saturated heterocycles. The van der Waals surface area contributed by atoms with E-state index in [1.807, 2.05) is 11.8 Å². The minimum Gasteiger partial charge on any atom is -0.381 e. The van der Waals surface area contributed by atoms with Crippen molar-refractivity contribution in [1.82, 2.24) is 5.32 Å². The molecule has 0 aliphatic carbocycles. The Kier molecular flexibility index (Phi) is 5.33. The molecule has 0 aromatic rings. The number of ether oxygens (including phenoxy) is 2. The molecule has 2 aliphatic rings. The molecule has 4 nitrogen and oxygen atoms in total. The van der Waals surface area contributed by atoms with Crippen LogP contribution in [-0.4, -0.2) is 49.4 Å². The zero-order valence-corrected chi connectivity index (χ0v) is 12.2. The lowest BCUT2D eigenvalue weighted by Gasteiger charge is -2.32. The van der Waals surface area contributed by atoms with Gasteiger partial charge in [-0.05, 0) is 18.8 Å². The number of aliphatic imine (C=N–C) groups is 1. The van der Waals surface area contributed by atoms with Gasteiger partial charge in [-0.2, -0.15) is 0 Å². The lowest BCUT2D eigenvalue weighted by Crippen LogP contribution is -2.48. The highest BCUT2D eigenvalue weighted by molar-refractivity contribution is 8.14. The normalized spacial score (nSPS) is 24.9. The van der Waals surface area contributed by atoms with Crippen molar-refractivity contribution in [1.29, 1.82) is 0 Å². The third-order valence-electron chi connectivity index (χ3n) is 3.25. The van der Waals surface area contributed by atoms with Gasteiger partial charge in [0.1, 0.15) is 0 Å². The number of hydrogen-bond acceptors (Lipinski definition) is 4. The van der Waals surface area contributed by atoms with Crippen molar-refractivity contribution < 1.29 is 9.47 Å². The molecule has 2 heterocycles. The summed E-state index contributed by atoms with van der Waals surface area (Å²) in [6, 6.07) is 0. The van der Waals surface area contributed by atoms with Gasteiger partial charge >= 0.3 is 0 Å². The maximum Gasteiger partial charge on any atom is 0.157 e. The first kappa shape index (κ1) is 14.2. The van der Waals surface area contributed by atoms with Crippen LogP contribution in [0.25, 0.3) is 0 Å². The molecule has 1 N–H and O–H groups in total. The minimum atomic E-state index is 0.251. The summed E-state index contributed by atoms with van der Waals surface area (Å²) in [6.45, 7) is 8.38. The Morgan fingerprint density at radius 1 is 1.44 bits per heavy atom. The summed E-state index contributed by atoms with van der Waals surface area (Å²) in [5, 5.41) is 4.67. The zero-order valence-electron chi connectivity index (χ0n) is 11.4. The van der Waals surface area contributed by atoms with Gasteiger partial charge in [0.15, 0.2) is 5.17 Å². The molecule has 5 heteroatoms. The van der Waals surface area contributed by atoms with Crippen molar-refractivity contribution >= 4 is 16.9 Å². The molecule has 2 rings (SSSR count). The van der Waals surface area contributed by atoms with E-state index in [0.29, 0.717) is 5.92 Å². The first-order chi connectivity index (χ1) is 8.70. The molecule has 0 radical (unpaired) electrons. The van der Waals surface area contributed by atoms with Crippen molar-refractivity contribution in [2.75, 3.05) is 38.7 Å². The predicted octanol–water partition coefficient (Wildman–Crippen LogP) is 1.90. The summed E-state index contributed by atoms with van der Waals surface area (Å²) < 4.78 is 10.9. The largest absolute Gasteiger partial charge is 0.381 e. The lowest BCUT2D eigenvalue weighted by molar-refractivity contribution is 0.0555. The molecular formula is C13H24N2O2S. The van der Waals surface area contributed by atoms with Crippen LogP contribution >= 0.6 is 11.8 Å². The van der Waals surface area contributed by atoms with Crippen LogP contribution in [0.15, 0.2) is 4.99 Å². The molecule has 0 aromatic heterocycles. The lowest BCUT2D eigenvalue weighted by atomic mass is 9.93. The number of rotatable bonds is 5. The highest BCUT2D eigenvalue weighted by Crippen LogP contribution is 2.31. The second kappa shape index (κ2) is 6.78. The second-order valence-electron chi connectivity index (χ2n) is 5.46. The molecule has 18 heavy (non-hydrogen) atoms. The molecule has 0 saturated carbocycles. The number of nitrogens with one attached hydrogen (secondary N) is 1. The molecule has 104 valence electrons. The van der Waals surface area contributed by atoms with E-state index in [0.717, 1.165) is 56.7 Å². The van der Waals surface area contributed by atoms with Crippen LogP contribution in [-0.2, 0) is 9.47 Å². The molecule has 1 spiro atoms. The first-order valence-corrected chi connectivity index (χ1v) is 7.80. The zero-order chi connectivity index (χ0) is 12.8. The monoisotopic (exact) mass is 272 g/mol. The third kappa shape index (κ3) is 4.14. The maximum atomic E-state index is 5.53. The molecule has 2 fully saturated rings. The topological polar surface area (TPSA) is 42.8 Å². The van der Waals surface area contributed by atoms with Gasteiger partial charge in [0.25, 0.3) is 0 Å². The van der Waals surface area contributed by atoms with Gasteiger partial charge < -0.3 is 14.8 Å². The van der Waals surface area contributed by atoms with Gasteiger partial charge in [0.2, 0.25) is 0 Å². The first-order valence-electron chi connectivity index (χ1n) is 6.81. The van der Waals surface area contributed by atoms with Crippen LogP contribution in [0.1, 0.15) is 26.7 Å². The van der Waals surface area contributed by atoms with E-state index in [2.05, 4.69) is 24.2 Å². The van der Waals surface area contributed by atoms with Gasteiger partial charge in [-0.3, -0.25) is 4.99 Å². The van der Waals surface area contributed by atoms with Crippen LogP contribution in [0.4, 0.5) is 0 Å². The van der Waals surface area contributed by atoms with Crippen LogP contribution in [0.2, 0.25) is 0 Å². The van der Waals surface area contributed by atoms with Gasteiger partial charge in [-0.25, -0.2) is 0 Å². The van der Waals surface area contributed by atoms with E-state index in [4.69, 9.17) is 9.47 Å². The van der Waals surface area contributed by atoms with E-state index in [1.165, 1.54) is 0 Å².